The van der Waals surface area contributed by atoms with Gasteiger partial charge in [-0.3, -0.25) is 10.6 Å². The molecule has 116 valence electrons. The number of hydrogen-bond donors (Lipinski definition) is 3. The quantitative estimate of drug-likeness (QED) is 0.360. The molecule has 7 heteroatoms. The minimum atomic E-state index is -0.944. The SMILES string of the molecule is Cl.NNC(CC1(CCCl)C=CC(CCCl)=CC1)C(=O)O. The topological polar surface area (TPSA) is 75.3 Å². The van der Waals surface area contributed by atoms with E-state index in [-0.39, 0.29) is 17.8 Å². The second-order valence-electron chi connectivity index (χ2n) is 4.82. The van der Waals surface area contributed by atoms with Gasteiger partial charge in [-0.25, -0.2) is 5.43 Å². The van der Waals surface area contributed by atoms with Gasteiger partial charge in [0.25, 0.3) is 0 Å². The normalized spacial score (nSPS) is 22.9. The van der Waals surface area contributed by atoms with Gasteiger partial charge in [0.05, 0.1) is 0 Å². The van der Waals surface area contributed by atoms with Crippen molar-refractivity contribution < 1.29 is 9.90 Å². The molecule has 0 aliphatic heterocycles. The summed E-state index contributed by atoms with van der Waals surface area (Å²) >= 11 is 11.6. The van der Waals surface area contributed by atoms with Crippen molar-refractivity contribution in [1.82, 2.24) is 5.43 Å². The van der Waals surface area contributed by atoms with Crippen LogP contribution in [0.15, 0.2) is 23.8 Å². The largest absolute Gasteiger partial charge is 0.480 e. The number of allylic oxidation sites excluding steroid dienone is 4. The Balaban J connectivity index is 0.00000361. The number of carbonyl (C=O) groups is 1. The number of rotatable bonds is 8. The molecule has 4 N–H and O–H groups in total. The highest BCUT2D eigenvalue weighted by Crippen LogP contribution is 2.38. The van der Waals surface area contributed by atoms with Crippen LogP contribution in [0.3, 0.4) is 0 Å². The zero-order valence-corrected chi connectivity index (χ0v) is 13.5. The Morgan fingerprint density at radius 1 is 1.50 bits per heavy atom. The van der Waals surface area contributed by atoms with Gasteiger partial charge in [0.15, 0.2) is 0 Å². The number of nitrogens with one attached hydrogen (secondary N) is 1. The van der Waals surface area contributed by atoms with Gasteiger partial charge in [-0.15, -0.1) is 35.6 Å². The number of aliphatic carboxylic acids is 1. The highest BCUT2D eigenvalue weighted by Gasteiger charge is 2.33. The lowest BCUT2D eigenvalue weighted by atomic mass is 9.73. The van der Waals surface area contributed by atoms with Gasteiger partial charge in [-0.1, -0.05) is 23.8 Å². The average Bonchev–Trinajstić information content (AvgIpc) is 2.39. The van der Waals surface area contributed by atoms with Crippen LogP contribution in [0.25, 0.3) is 0 Å². The number of halogens is 3. The molecule has 0 fully saturated rings. The first-order valence-electron chi connectivity index (χ1n) is 6.26. The van der Waals surface area contributed by atoms with Crippen molar-refractivity contribution in [3.8, 4) is 0 Å². The Bertz CT molecular complexity index is 375. The molecule has 1 aliphatic rings. The maximum Gasteiger partial charge on any atom is 0.322 e. The fourth-order valence-electron chi connectivity index (χ4n) is 2.30. The summed E-state index contributed by atoms with van der Waals surface area (Å²) < 4.78 is 0. The van der Waals surface area contributed by atoms with Crippen LogP contribution >= 0.6 is 35.6 Å². The third kappa shape index (κ3) is 5.62. The summed E-state index contributed by atoms with van der Waals surface area (Å²) in [5, 5.41) is 9.09. The Hall–Kier alpha value is -0.260. The zero-order valence-electron chi connectivity index (χ0n) is 11.1. The minimum absolute atomic E-state index is 0. The molecule has 2 unspecified atom stereocenters. The van der Waals surface area contributed by atoms with E-state index in [0.717, 1.165) is 19.3 Å². The van der Waals surface area contributed by atoms with Gasteiger partial charge < -0.3 is 5.11 Å². The van der Waals surface area contributed by atoms with Crippen molar-refractivity contribution in [2.24, 2.45) is 11.3 Å². The van der Waals surface area contributed by atoms with Crippen molar-refractivity contribution >= 4 is 41.6 Å². The number of nitrogens with two attached hydrogens (primary N) is 1. The second kappa shape index (κ2) is 9.64. The van der Waals surface area contributed by atoms with Gasteiger partial charge in [0, 0.05) is 11.8 Å². The Labute approximate surface area is 135 Å². The van der Waals surface area contributed by atoms with Gasteiger partial charge >= 0.3 is 5.97 Å². The van der Waals surface area contributed by atoms with Crippen LogP contribution in [0.4, 0.5) is 0 Å². The summed E-state index contributed by atoms with van der Waals surface area (Å²) in [5.74, 6) is 5.43. The van der Waals surface area contributed by atoms with E-state index in [2.05, 4.69) is 17.6 Å². The monoisotopic (exact) mass is 342 g/mol. The van der Waals surface area contributed by atoms with E-state index in [4.69, 9.17) is 34.2 Å². The fourth-order valence-corrected chi connectivity index (χ4v) is 2.89. The van der Waals surface area contributed by atoms with Crippen LogP contribution in [0.2, 0.25) is 0 Å². The van der Waals surface area contributed by atoms with Crippen molar-refractivity contribution in [2.45, 2.75) is 31.7 Å². The summed E-state index contributed by atoms with van der Waals surface area (Å²) in [7, 11) is 0. The summed E-state index contributed by atoms with van der Waals surface area (Å²) in [4.78, 5) is 11.1. The molecular weight excluding hydrogens is 323 g/mol. The average molecular weight is 344 g/mol. The highest BCUT2D eigenvalue weighted by atomic mass is 35.5. The third-order valence-electron chi connectivity index (χ3n) is 3.51. The molecule has 0 aromatic rings. The van der Waals surface area contributed by atoms with E-state index in [1.54, 1.807) is 0 Å². The summed E-state index contributed by atoms with van der Waals surface area (Å²) in [6, 6.07) is -0.768. The molecule has 0 saturated carbocycles. The van der Waals surface area contributed by atoms with E-state index < -0.39 is 12.0 Å². The van der Waals surface area contributed by atoms with Crippen molar-refractivity contribution in [2.75, 3.05) is 11.8 Å². The van der Waals surface area contributed by atoms with Gasteiger partial charge in [-0.05, 0) is 31.1 Å². The van der Waals surface area contributed by atoms with Crippen LogP contribution in [0.1, 0.15) is 25.7 Å². The van der Waals surface area contributed by atoms with Gasteiger partial charge in [-0.2, -0.15) is 0 Å². The van der Waals surface area contributed by atoms with E-state index in [1.807, 2.05) is 6.08 Å². The lowest BCUT2D eigenvalue weighted by Crippen LogP contribution is -2.45. The summed E-state index contributed by atoms with van der Waals surface area (Å²) in [6.45, 7) is 0. The summed E-state index contributed by atoms with van der Waals surface area (Å²) in [6.07, 6.45) is 8.94. The summed E-state index contributed by atoms with van der Waals surface area (Å²) in [5.41, 5.74) is 3.29. The van der Waals surface area contributed by atoms with E-state index in [9.17, 15) is 4.79 Å². The molecule has 0 aromatic carbocycles. The molecule has 1 rings (SSSR count). The van der Waals surface area contributed by atoms with Crippen LogP contribution in [-0.2, 0) is 4.79 Å². The second-order valence-corrected chi connectivity index (χ2v) is 5.57. The third-order valence-corrected chi connectivity index (χ3v) is 3.89. The molecule has 0 saturated heterocycles. The van der Waals surface area contributed by atoms with Crippen LogP contribution < -0.4 is 11.3 Å². The molecule has 0 bridgehead atoms. The molecule has 0 heterocycles. The number of hydrogen-bond acceptors (Lipinski definition) is 3. The Morgan fingerprint density at radius 2 is 2.20 bits per heavy atom. The van der Waals surface area contributed by atoms with Gasteiger partial charge in [0.2, 0.25) is 0 Å². The fraction of sp³-hybridized carbons (Fsp3) is 0.615. The van der Waals surface area contributed by atoms with Gasteiger partial charge in [0.1, 0.15) is 6.04 Å². The molecule has 0 spiro atoms. The minimum Gasteiger partial charge on any atom is -0.480 e. The molecule has 1 aliphatic carbocycles. The molecule has 4 nitrogen and oxygen atoms in total. The van der Waals surface area contributed by atoms with E-state index in [0.29, 0.717) is 18.2 Å². The maximum absolute atomic E-state index is 11.1. The predicted molar refractivity (Wildman–Crippen MR) is 85.6 cm³/mol. The molecular formula is C13H21Cl3N2O2. The van der Waals surface area contributed by atoms with Crippen molar-refractivity contribution in [1.29, 1.82) is 0 Å². The van der Waals surface area contributed by atoms with Crippen LogP contribution in [0, 0.1) is 5.41 Å². The molecule has 0 aromatic heterocycles. The van der Waals surface area contributed by atoms with Crippen LogP contribution in [-0.4, -0.2) is 28.9 Å². The molecule has 20 heavy (non-hydrogen) atoms. The van der Waals surface area contributed by atoms with E-state index in [1.165, 1.54) is 5.57 Å². The first-order chi connectivity index (χ1) is 9.06. The van der Waals surface area contributed by atoms with E-state index >= 15 is 0 Å². The highest BCUT2D eigenvalue weighted by molar-refractivity contribution is 6.18. The lowest BCUT2D eigenvalue weighted by Gasteiger charge is -2.34. The maximum atomic E-state index is 11.1. The first-order valence-corrected chi connectivity index (χ1v) is 7.33. The smallest absolute Gasteiger partial charge is 0.322 e. The lowest BCUT2D eigenvalue weighted by molar-refractivity contribution is -0.140. The Morgan fingerprint density at radius 3 is 2.60 bits per heavy atom. The number of hydrazine groups is 1. The molecule has 0 amide bonds. The molecule has 0 radical (unpaired) electrons. The van der Waals surface area contributed by atoms with Crippen LogP contribution in [0.5, 0.6) is 0 Å². The standard InChI is InChI=1S/C13H20Cl2N2O2.ClH/c14-7-3-10-1-4-13(5-2-10,6-8-15)9-11(17-16)12(18)19;/h1-2,4,11,17H,3,5-9,16H2,(H,18,19);1H. The molecule has 2 atom stereocenters. The predicted octanol–water partition coefficient (Wildman–Crippen LogP) is 2.85. The first kappa shape index (κ1) is 19.7. The van der Waals surface area contributed by atoms with Crippen molar-refractivity contribution in [3.63, 3.8) is 0 Å². The van der Waals surface area contributed by atoms with Crippen molar-refractivity contribution in [3.05, 3.63) is 23.8 Å². The number of carboxylic acids is 1. The zero-order chi connectivity index (χ0) is 14.3. The Kier molecular flexibility index (Phi) is 9.51. The number of alkyl halides is 2. The number of carboxylic acid groups (broad SMARTS) is 1.